The van der Waals surface area contributed by atoms with E-state index in [9.17, 15) is 19.5 Å². The molecule has 1 heterocycles. The number of rotatable bonds is 16. The van der Waals surface area contributed by atoms with Crippen LogP contribution >= 0.6 is 0 Å². The van der Waals surface area contributed by atoms with Crippen molar-refractivity contribution in [1.82, 2.24) is 16.0 Å². The van der Waals surface area contributed by atoms with Crippen molar-refractivity contribution in [1.29, 1.82) is 0 Å². The molecular formula is C22H40N4O5. The highest BCUT2D eigenvalue weighted by molar-refractivity contribution is 5.97. The summed E-state index contributed by atoms with van der Waals surface area (Å²) in [6.45, 7) is 13.3. The van der Waals surface area contributed by atoms with Gasteiger partial charge in [0.15, 0.2) is 11.6 Å². The summed E-state index contributed by atoms with van der Waals surface area (Å²) in [7, 11) is 0. The highest BCUT2D eigenvalue weighted by Crippen LogP contribution is 2.29. The van der Waals surface area contributed by atoms with Gasteiger partial charge in [-0.15, -0.1) is 0 Å². The molecule has 9 heteroatoms. The molecule has 1 rings (SSSR count). The van der Waals surface area contributed by atoms with Crippen molar-refractivity contribution in [3.05, 3.63) is 12.4 Å². The first-order chi connectivity index (χ1) is 14.4. The fraction of sp³-hybridized carbons (Fsp3) is 0.773. The molecule has 178 valence electrons. The first-order valence-electron chi connectivity index (χ1n) is 11.0. The molecule has 0 bridgehead atoms. The second-order valence-electron chi connectivity index (χ2n) is 9.13. The number of aliphatic hydroxyl groups excluding tert-OH is 1. The first kappa shape index (κ1) is 27.1. The lowest BCUT2D eigenvalue weighted by Gasteiger charge is -2.26. The number of aliphatic hydroxyl groups is 1. The van der Waals surface area contributed by atoms with Crippen LogP contribution in [-0.2, 0) is 19.1 Å². The van der Waals surface area contributed by atoms with Crippen LogP contribution in [0.5, 0.6) is 0 Å². The van der Waals surface area contributed by atoms with Gasteiger partial charge in [-0.2, -0.15) is 0 Å². The number of amides is 1. The zero-order valence-corrected chi connectivity index (χ0v) is 19.5. The van der Waals surface area contributed by atoms with Crippen LogP contribution < -0.4 is 21.7 Å². The molecule has 0 radical (unpaired) electrons. The Labute approximate surface area is 185 Å². The Balaban J connectivity index is 2.79. The van der Waals surface area contributed by atoms with Gasteiger partial charge in [0, 0.05) is 19.0 Å². The van der Waals surface area contributed by atoms with Gasteiger partial charge in [-0.25, -0.2) is 0 Å². The van der Waals surface area contributed by atoms with Crippen molar-refractivity contribution in [3.8, 4) is 0 Å². The number of hydrogen-bond donors (Lipinski definition) is 5. The topological polar surface area (TPSA) is 146 Å². The van der Waals surface area contributed by atoms with Crippen LogP contribution in [0.2, 0.25) is 0 Å². The lowest BCUT2D eigenvalue weighted by molar-refractivity contribution is -0.135. The van der Waals surface area contributed by atoms with E-state index in [2.05, 4.69) is 22.5 Å². The van der Waals surface area contributed by atoms with Gasteiger partial charge in [0.1, 0.15) is 5.60 Å². The Kier molecular flexibility index (Phi) is 10.6. The van der Waals surface area contributed by atoms with Crippen molar-refractivity contribution in [3.63, 3.8) is 0 Å². The number of epoxide rings is 1. The summed E-state index contributed by atoms with van der Waals surface area (Å²) < 4.78 is 5.25. The zero-order valence-electron chi connectivity index (χ0n) is 19.5. The summed E-state index contributed by atoms with van der Waals surface area (Å²) >= 11 is 0. The molecule has 9 nitrogen and oxygen atoms in total. The molecule has 4 atom stereocenters. The number of ketones is 2. The van der Waals surface area contributed by atoms with E-state index in [1.54, 1.807) is 6.92 Å². The van der Waals surface area contributed by atoms with Crippen LogP contribution in [0, 0.1) is 11.8 Å². The van der Waals surface area contributed by atoms with E-state index in [4.69, 9.17) is 10.5 Å². The van der Waals surface area contributed by atoms with Crippen LogP contribution in [0.1, 0.15) is 53.9 Å². The molecule has 6 N–H and O–H groups in total. The Hall–Kier alpha value is -1.97. The number of hydrogen-bond acceptors (Lipinski definition) is 8. The maximum atomic E-state index is 12.8. The van der Waals surface area contributed by atoms with E-state index in [0.717, 1.165) is 0 Å². The standard InChI is InChI=1S/C22H40N4O5/c1-13(2)19(25-14(3)4)18(28)10-16(11-27)21(30)26-17(8-7-9-24-15(5)23)20(29)22(6)12-31-22/h13-14,16-17,19,24-25,27H,5,7-12,23H2,1-4,6H3,(H,26,30)/t16-,17-,19-,22+/m0/s1. The second kappa shape index (κ2) is 12.2. The highest BCUT2D eigenvalue weighted by Gasteiger charge is 2.50. The van der Waals surface area contributed by atoms with E-state index >= 15 is 0 Å². The maximum absolute atomic E-state index is 12.8. The normalized spacial score (nSPS) is 20.8. The van der Waals surface area contributed by atoms with Crippen LogP contribution in [-0.4, -0.2) is 66.1 Å². The molecule has 1 aliphatic heterocycles. The molecule has 1 fully saturated rings. The number of carbonyl (C=O) groups excluding carboxylic acids is 3. The summed E-state index contributed by atoms with van der Waals surface area (Å²) in [6, 6.07) is -1.07. The van der Waals surface area contributed by atoms with Crippen molar-refractivity contribution in [2.24, 2.45) is 17.6 Å². The minimum absolute atomic E-state index is 0.0448. The van der Waals surface area contributed by atoms with Gasteiger partial charge in [-0.3, -0.25) is 14.4 Å². The predicted molar refractivity (Wildman–Crippen MR) is 119 cm³/mol. The minimum atomic E-state index is -0.923. The first-order valence-corrected chi connectivity index (χ1v) is 11.0. The molecule has 1 aliphatic rings. The van der Waals surface area contributed by atoms with Crippen LogP contribution in [0.3, 0.4) is 0 Å². The highest BCUT2D eigenvalue weighted by atomic mass is 16.6. The summed E-state index contributed by atoms with van der Waals surface area (Å²) in [5.41, 5.74) is 4.59. The van der Waals surface area contributed by atoms with Gasteiger partial charge >= 0.3 is 0 Å². The number of ether oxygens (including phenoxy) is 1. The summed E-state index contributed by atoms with van der Waals surface area (Å²) in [4.78, 5) is 38.4. The van der Waals surface area contributed by atoms with E-state index in [1.807, 2.05) is 27.7 Å². The summed E-state index contributed by atoms with van der Waals surface area (Å²) in [6.07, 6.45) is 0.840. The Morgan fingerprint density at radius 1 is 1.23 bits per heavy atom. The maximum Gasteiger partial charge on any atom is 0.226 e. The van der Waals surface area contributed by atoms with Gasteiger partial charge < -0.3 is 31.5 Å². The third kappa shape index (κ3) is 8.96. The molecule has 0 aromatic carbocycles. The Bertz CT molecular complexity index is 646. The largest absolute Gasteiger partial charge is 0.396 e. The van der Waals surface area contributed by atoms with E-state index in [0.29, 0.717) is 31.8 Å². The van der Waals surface area contributed by atoms with Crippen molar-refractivity contribution < 1.29 is 24.2 Å². The summed E-state index contributed by atoms with van der Waals surface area (Å²) in [5, 5.41) is 18.6. The lowest BCUT2D eigenvalue weighted by Crippen LogP contribution is -2.50. The quantitative estimate of drug-likeness (QED) is 0.169. The molecule has 31 heavy (non-hydrogen) atoms. The number of carbonyl (C=O) groups is 3. The van der Waals surface area contributed by atoms with Crippen LogP contribution in [0.4, 0.5) is 0 Å². The van der Waals surface area contributed by atoms with E-state index in [1.165, 1.54) is 0 Å². The van der Waals surface area contributed by atoms with Crippen molar-refractivity contribution >= 4 is 17.5 Å². The SMILES string of the molecule is C=C(N)NCCC[C@H](NC(=O)[C@H](CO)CC(=O)[C@@H](NC(C)C)C(C)C)C(=O)[C@@]1(C)CO1. The number of Topliss-reactive ketones (excluding diaryl/α,β-unsaturated/α-hetero) is 2. The van der Waals surface area contributed by atoms with E-state index < -0.39 is 36.1 Å². The van der Waals surface area contributed by atoms with Gasteiger partial charge in [0.2, 0.25) is 5.91 Å². The van der Waals surface area contributed by atoms with Crippen LogP contribution in [0.25, 0.3) is 0 Å². The van der Waals surface area contributed by atoms with Gasteiger partial charge in [0.05, 0.1) is 37.0 Å². The third-order valence-corrected chi connectivity index (χ3v) is 5.32. The second-order valence-corrected chi connectivity index (χ2v) is 9.13. The number of nitrogens with one attached hydrogen (secondary N) is 3. The third-order valence-electron chi connectivity index (χ3n) is 5.32. The van der Waals surface area contributed by atoms with Crippen molar-refractivity contribution in [2.45, 2.75) is 77.6 Å². The predicted octanol–water partition coefficient (Wildman–Crippen LogP) is 0.219. The molecule has 0 spiro atoms. The van der Waals surface area contributed by atoms with Gasteiger partial charge in [0.25, 0.3) is 0 Å². The Morgan fingerprint density at radius 2 is 1.84 bits per heavy atom. The van der Waals surface area contributed by atoms with Crippen molar-refractivity contribution in [2.75, 3.05) is 19.8 Å². The lowest BCUT2D eigenvalue weighted by atomic mass is 9.91. The molecule has 0 aromatic heterocycles. The average molecular weight is 441 g/mol. The monoisotopic (exact) mass is 440 g/mol. The fourth-order valence-electron chi connectivity index (χ4n) is 3.36. The average Bonchev–Trinajstić information content (AvgIpc) is 3.43. The van der Waals surface area contributed by atoms with Crippen LogP contribution in [0.15, 0.2) is 12.4 Å². The molecule has 0 saturated carbocycles. The Morgan fingerprint density at radius 3 is 2.29 bits per heavy atom. The molecular weight excluding hydrogens is 400 g/mol. The fourth-order valence-corrected chi connectivity index (χ4v) is 3.36. The summed E-state index contributed by atoms with van der Waals surface area (Å²) in [5.74, 6) is -1.41. The van der Waals surface area contributed by atoms with Gasteiger partial charge in [-0.1, -0.05) is 34.3 Å². The number of nitrogens with two attached hydrogens (primary N) is 1. The van der Waals surface area contributed by atoms with Gasteiger partial charge in [-0.05, 0) is 25.7 Å². The van der Waals surface area contributed by atoms with E-state index in [-0.39, 0.29) is 29.9 Å². The smallest absolute Gasteiger partial charge is 0.226 e. The minimum Gasteiger partial charge on any atom is -0.396 e. The molecule has 0 unspecified atom stereocenters. The molecule has 1 saturated heterocycles. The zero-order chi connectivity index (χ0) is 23.8. The molecule has 0 aromatic rings. The molecule has 0 aliphatic carbocycles. The molecule has 1 amide bonds.